The summed E-state index contributed by atoms with van der Waals surface area (Å²) in [6.45, 7) is 5.07. The van der Waals surface area contributed by atoms with Crippen LogP contribution in [0.4, 0.5) is 11.4 Å². The van der Waals surface area contributed by atoms with Gasteiger partial charge in [0.15, 0.2) is 0 Å². The van der Waals surface area contributed by atoms with Gasteiger partial charge in [0.1, 0.15) is 0 Å². The number of carbonyl (C=O) groups is 1. The molecule has 0 radical (unpaired) electrons. The highest BCUT2D eigenvalue weighted by molar-refractivity contribution is 5.82. The Balaban J connectivity index is 2.35. The van der Waals surface area contributed by atoms with Crippen LogP contribution >= 0.6 is 0 Å². The van der Waals surface area contributed by atoms with E-state index in [9.17, 15) is 4.79 Å². The highest BCUT2D eigenvalue weighted by Crippen LogP contribution is 2.15. The highest BCUT2D eigenvalue weighted by atomic mass is 16.1. The van der Waals surface area contributed by atoms with E-state index in [-0.39, 0.29) is 12.5 Å². The zero-order chi connectivity index (χ0) is 12.0. The molecule has 0 atom stereocenters. The molecule has 1 aromatic rings. The summed E-state index contributed by atoms with van der Waals surface area (Å²) in [5.74, 6) is 0.447. The number of hydrogen-bond donors (Lipinski definition) is 3. The number of nitrogens with two attached hydrogens (primary N) is 1. The molecule has 88 valence electrons. The predicted octanol–water partition coefficient (Wildman–Crippen LogP) is 1.45. The van der Waals surface area contributed by atoms with Crippen LogP contribution in [0.1, 0.15) is 13.8 Å². The summed E-state index contributed by atoms with van der Waals surface area (Å²) in [4.78, 5) is 11.4. The van der Waals surface area contributed by atoms with Crippen molar-refractivity contribution in [2.24, 2.45) is 5.92 Å². The van der Waals surface area contributed by atoms with Crippen molar-refractivity contribution in [1.29, 1.82) is 0 Å². The molecule has 1 rings (SSSR count). The Bertz CT molecular complexity index is 350. The van der Waals surface area contributed by atoms with Crippen molar-refractivity contribution in [1.82, 2.24) is 5.32 Å². The third-order valence-corrected chi connectivity index (χ3v) is 2.11. The van der Waals surface area contributed by atoms with E-state index in [1.54, 1.807) is 6.07 Å². The monoisotopic (exact) mass is 221 g/mol. The summed E-state index contributed by atoms with van der Waals surface area (Å²) in [7, 11) is 0. The highest BCUT2D eigenvalue weighted by Gasteiger charge is 2.03. The van der Waals surface area contributed by atoms with Gasteiger partial charge in [0.2, 0.25) is 5.91 Å². The van der Waals surface area contributed by atoms with Gasteiger partial charge >= 0.3 is 0 Å². The number of benzene rings is 1. The van der Waals surface area contributed by atoms with Crippen molar-refractivity contribution in [3.63, 3.8) is 0 Å². The molecule has 1 aromatic carbocycles. The lowest BCUT2D eigenvalue weighted by atomic mass is 10.2. The third-order valence-electron chi connectivity index (χ3n) is 2.11. The Morgan fingerprint density at radius 3 is 2.69 bits per heavy atom. The number of amides is 1. The summed E-state index contributed by atoms with van der Waals surface area (Å²) in [5.41, 5.74) is 7.18. The maximum absolute atomic E-state index is 11.4. The zero-order valence-electron chi connectivity index (χ0n) is 9.79. The summed E-state index contributed by atoms with van der Waals surface area (Å²) >= 11 is 0. The summed E-state index contributed by atoms with van der Waals surface area (Å²) < 4.78 is 0. The molecule has 0 unspecified atom stereocenters. The molecular weight excluding hydrogens is 202 g/mol. The smallest absolute Gasteiger partial charge is 0.239 e. The van der Waals surface area contributed by atoms with E-state index < -0.39 is 0 Å². The number of carbonyl (C=O) groups excluding carboxylic acids is 1. The van der Waals surface area contributed by atoms with Crippen LogP contribution in [-0.2, 0) is 4.79 Å². The van der Waals surface area contributed by atoms with Crippen molar-refractivity contribution in [3.8, 4) is 0 Å². The number of hydrogen-bond acceptors (Lipinski definition) is 3. The first-order valence-corrected chi connectivity index (χ1v) is 5.44. The van der Waals surface area contributed by atoms with E-state index in [4.69, 9.17) is 5.73 Å². The van der Waals surface area contributed by atoms with Crippen molar-refractivity contribution in [2.75, 3.05) is 24.1 Å². The molecule has 0 aliphatic rings. The van der Waals surface area contributed by atoms with Gasteiger partial charge in [-0.05, 0) is 18.1 Å². The minimum Gasteiger partial charge on any atom is -0.397 e. The number of nitrogens with one attached hydrogen (secondary N) is 2. The van der Waals surface area contributed by atoms with E-state index in [0.717, 1.165) is 5.69 Å². The van der Waals surface area contributed by atoms with E-state index >= 15 is 0 Å². The molecule has 0 aliphatic carbocycles. The first-order chi connectivity index (χ1) is 7.59. The van der Waals surface area contributed by atoms with Gasteiger partial charge in [0, 0.05) is 6.54 Å². The molecule has 1 amide bonds. The molecule has 16 heavy (non-hydrogen) atoms. The lowest BCUT2D eigenvalue weighted by Crippen LogP contribution is -2.32. The Morgan fingerprint density at radius 1 is 1.38 bits per heavy atom. The Hall–Kier alpha value is -1.71. The standard InChI is InChI=1S/C12H19N3O/c1-9(2)7-15-12(16)8-14-11-6-4-3-5-10(11)13/h3-6,9,14H,7-8,13H2,1-2H3,(H,15,16). The molecular formula is C12H19N3O. The van der Waals surface area contributed by atoms with Gasteiger partial charge < -0.3 is 16.4 Å². The third kappa shape index (κ3) is 4.21. The minimum atomic E-state index is -0.0167. The summed E-state index contributed by atoms with van der Waals surface area (Å²) in [5, 5.41) is 5.83. The molecule has 0 heterocycles. The van der Waals surface area contributed by atoms with Gasteiger partial charge in [-0.25, -0.2) is 0 Å². The normalized spacial score (nSPS) is 10.2. The van der Waals surface area contributed by atoms with Crippen molar-refractivity contribution < 1.29 is 4.79 Å². The van der Waals surface area contributed by atoms with E-state index in [2.05, 4.69) is 24.5 Å². The van der Waals surface area contributed by atoms with Gasteiger partial charge in [-0.15, -0.1) is 0 Å². The lowest BCUT2D eigenvalue weighted by Gasteiger charge is -2.10. The van der Waals surface area contributed by atoms with Gasteiger partial charge in [0.25, 0.3) is 0 Å². The fraction of sp³-hybridized carbons (Fsp3) is 0.417. The second kappa shape index (κ2) is 6.00. The number of nitrogen functional groups attached to an aromatic ring is 1. The van der Waals surface area contributed by atoms with Crippen LogP contribution in [-0.4, -0.2) is 19.0 Å². The van der Waals surface area contributed by atoms with Crippen LogP contribution in [0.5, 0.6) is 0 Å². The molecule has 4 N–H and O–H groups in total. The molecule has 4 heteroatoms. The largest absolute Gasteiger partial charge is 0.397 e. The lowest BCUT2D eigenvalue weighted by molar-refractivity contribution is -0.119. The fourth-order valence-corrected chi connectivity index (χ4v) is 1.21. The molecule has 0 aromatic heterocycles. The Labute approximate surface area is 96.2 Å². The first-order valence-electron chi connectivity index (χ1n) is 5.44. The maximum atomic E-state index is 11.4. The quantitative estimate of drug-likeness (QED) is 0.659. The van der Waals surface area contributed by atoms with Crippen LogP contribution in [0, 0.1) is 5.92 Å². The molecule has 0 saturated heterocycles. The topological polar surface area (TPSA) is 67.2 Å². The van der Waals surface area contributed by atoms with E-state index in [1.807, 2.05) is 18.2 Å². The average molecular weight is 221 g/mol. The Morgan fingerprint density at radius 2 is 2.06 bits per heavy atom. The second-order valence-corrected chi connectivity index (χ2v) is 4.14. The van der Waals surface area contributed by atoms with Crippen molar-refractivity contribution in [2.45, 2.75) is 13.8 Å². The molecule has 0 aliphatic heterocycles. The number of anilines is 2. The fourth-order valence-electron chi connectivity index (χ4n) is 1.21. The first kappa shape index (κ1) is 12.4. The van der Waals surface area contributed by atoms with E-state index in [1.165, 1.54) is 0 Å². The van der Waals surface area contributed by atoms with Crippen LogP contribution in [0.2, 0.25) is 0 Å². The summed E-state index contributed by atoms with van der Waals surface area (Å²) in [6.07, 6.45) is 0. The number of rotatable bonds is 5. The summed E-state index contributed by atoms with van der Waals surface area (Å²) in [6, 6.07) is 7.39. The number of para-hydroxylation sites is 2. The van der Waals surface area contributed by atoms with Gasteiger partial charge in [-0.1, -0.05) is 26.0 Å². The van der Waals surface area contributed by atoms with E-state index in [0.29, 0.717) is 18.2 Å². The minimum absolute atomic E-state index is 0.0167. The van der Waals surface area contributed by atoms with Crippen LogP contribution in [0.15, 0.2) is 24.3 Å². The van der Waals surface area contributed by atoms with Gasteiger partial charge in [0.05, 0.1) is 17.9 Å². The van der Waals surface area contributed by atoms with Crippen LogP contribution < -0.4 is 16.4 Å². The molecule has 0 fully saturated rings. The van der Waals surface area contributed by atoms with Crippen molar-refractivity contribution in [3.05, 3.63) is 24.3 Å². The van der Waals surface area contributed by atoms with Crippen LogP contribution in [0.25, 0.3) is 0 Å². The van der Waals surface area contributed by atoms with Crippen LogP contribution in [0.3, 0.4) is 0 Å². The maximum Gasteiger partial charge on any atom is 0.239 e. The molecule has 4 nitrogen and oxygen atoms in total. The zero-order valence-corrected chi connectivity index (χ0v) is 9.79. The molecule has 0 spiro atoms. The average Bonchev–Trinajstić information content (AvgIpc) is 2.25. The Kier molecular flexibility index (Phi) is 4.64. The van der Waals surface area contributed by atoms with Crippen molar-refractivity contribution >= 4 is 17.3 Å². The van der Waals surface area contributed by atoms with Gasteiger partial charge in [-0.3, -0.25) is 4.79 Å². The molecule has 0 saturated carbocycles. The predicted molar refractivity (Wildman–Crippen MR) is 67.2 cm³/mol. The van der Waals surface area contributed by atoms with Gasteiger partial charge in [-0.2, -0.15) is 0 Å². The SMILES string of the molecule is CC(C)CNC(=O)CNc1ccccc1N. The molecule has 0 bridgehead atoms. The second-order valence-electron chi connectivity index (χ2n) is 4.14.